The van der Waals surface area contributed by atoms with Gasteiger partial charge in [-0.05, 0) is 18.6 Å². The average Bonchev–Trinajstić information content (AvgIpc) is 2.43. The second-order valence-corrected chi connectivity index (χ2v) is 4.51. The van der Waals surface area contributed by atoms with E-state index in [1.165, 1.54) is 0 Å². The van der Waals surface area contributed by atoms with Crippen LogP contribution in [0.2, 0.25) is 5.02 Å². The van der Waals surface area contributed by atoms with Crippen molar-refractivity contribution in [3.8, 4) is 0 Å². The number of rotatable bonds is 8. The fourth-order valence-corrected chi connectivity index (χ4v) is 1.73. The summed E-state index contributed by atoms with van der Waals surface area (Å²) in [6.07, 6.45) is 0.256. The highest BCUT2D eigenvalue weighted by Gasteiger charge is 2.04. The lowest BCUT2D eigenvalue weighted by Gasteiger charge is -2.08. The molecule has 20 heavy (non-hydrogen) atoms. The van der Waals surface area contributed by atoms with Crippen molar-refractivity contribution < 1.29 is 14.3 Å². The highest BCUT2D eigenvalue weighted by Crippen LogP contribution is 2.13. The molecule has 0 spiro atoms. The van der Waals surface area contributed by atoms with Crippen molar-refractivity contribution in [1.82, 2.24) is 10.6 Å². The van der Waals surface area contributed by atoms with Gasteiger partial charge in [-0.1, -0.05) is 29.8 Å². The Balaban J connectivity index is 2.15. The van der Waals surface area contributed by atoms with Crippen molar-refractivity contribution in [3.63, 3.8) is 0 Å². The van der Waals surface area contributed by atoms with Gasteiger partial charge in [0.05, 0.1) is 19.6 Å². The Morgan fingerprint density at radius 1 is 1.30 bits per heavy atom. The van der Waals surface area contributed by atoms with Crippen LogP contribution in [0, 0.1) is 0 Å². The zero-order valence-electron chi connectivity index (χ0n) is 11.4. The SMILES string of the molecule is CCOC(=O)CCNCC(=O)NCc1ccccc1Cl. The van der Waals surface area contributed by atoms with Crippen LogP contribution in [0.5, 0.6) is 0 Å². The molecule has 0 aliphatic heterocycles. The van der Waals surface area contributed by atoms with Crippen LogP contribution >= 0.6 is 11.6 Å². The Labute approximate surface area is 123 Å². The van der Waals surface area contributed by atoms with E-state index < -0.39 is 0 Å². The molecular weight excluding hydrogens is 280 g/mol. The maximum atomic E-state index is 11.6. The molecule has 0 aromatic heterocycles. The zero-order valence-corrected chi connectivity index (χ0v) is 12.2. The van der Waals surface area contributed by atoms with Crippen LogP contribution < -0.4 is 10.6 Å². The van der Waals surface area contributed by atoms with Crippen molar-refractivity contribution in [3.05, 3.63) is 34.9 Å². The van der Waals surface area contributed by atoms with E-state index in [1.807, 2.05) is 18.2 Å². The number of esters is 1. The van der Waals surface area contributed by atoms with Crippen LogP contribution in [0.1, 0.15) is 18.9 Å². The lowest BCUT2D eigenvalue weighted by molar-refractivity contribution is -0.143. The van der Waals surface area contributed by atoms with Crippen LogP contribution in [0.25, 0.3) is 0 Å². The van der Waals surface area contributed by atoms with Crippen molar-refractivity contribution in [1.29, 1.82) is 0 Å². The third-order valence-electron chi connectivity index (χ3n) is 2.53. The topological polar surface area (TPSA) is 67.4 Å². The molecule has 0 aliphatic rings. The molecule has 0 fully saturated rings. The molecule has 5 nitrogen and oxygen atoms in total. The lowest BCUT2D eigenvalue weighted by atomic mass is 10.2. The van der Waals surface area contributed by atoms with Gasteiger partial charge in [-0.2, -0.15) is 0 Å². The summed E-state index contributed by atoms with van der Waals surface area (Å²) in [5, 5.41) is 6.26. The Bertz CT molecular complexity index is 452. The van der Waals surface area contributed by atoms with E-state index in [0.29, 0.717) is 24.7 Å². The highest BCUT2D eigenvalue weighted by molar-refractivity contribution is 6.31. The Hall–Kier alpha value is -1.59. The minimum atomic E-state index is -0.267. The second kappa shape index (κ2) is 9.34. The Morgan fingerprint density at radius 3 is 2.75 bits per heavy atom. The first-order valence-electron chi connectivity index (χ1n) is 6.50. The molecule has 1 rings (SSSR count). The minimum Gasteiger partial charge on any atom is -0.466 e. The Kier molecular flexibility index (Phi) is 7.69. The molecule has 0 saturated carbocycles. The lowest BCUT2D eigenvalue weighted by Crippen LogP contribution is -2.34. The minimum absolute atomic E-state index is 0.145. The van der Waals surface area contributed by atoms with E-state index in [1.54, 1.807) is 13.0 Å². The summed E-state index contributed by atoms with van der Waals surface area (Å²) in [4.78, 5) is 22.6. The fourth-order valence-electron chi connectivity index (χ4n) is 1.52. The van der Waals surface area contributed by atoms with Crippen LogP contribution in [0.15, 0.2) is 24.3 Å². The smallest absolute Gasteiger partial charge is 0.307 e. The molecule has 1 aromatic rings. The van der Waals surface area contributed by atoms with E-state index in [4.69, 9.17) is 16.3 Å². The number of carbonyl (C=O) groups is 2. The average molecular weight is 299 g/mol. The first-order valence-corrected chi connectivity index (χ1v) is 6.87. The number of nitrogens with one attached hydrogen (secondary N) is 2. The van der Waals surface area contributed by atoms with Crippen LogP contribution in [-0.2, 0) is 20.9 Å². The largest absolute Gasteiger partial charge is 0.466 e. The van der Waals surface area contributed by atoms with Crippen LogP contribution in [-0.4, -0.2) is 31.6 Å². The number of hydrogen-bond donors (Lipinski definition) is 2. The van der Waals surface area contributed by atoms with Crippen molar-refractivity contribution >= 4 is 23.5 Å². The molecule has 6 heteroatoms. The predicted molar refractivity (Wildman–Crippen MR) is 77.4 cm³/mol. The van der Waals surface area contributed by atoms with Crippen LogP contribution in [0.3, 0.4) is 0 Å². The molecule has 1 aromatic carbocycles. The molecule has 0 aliphatic carbocycles. The van der Waals surface area contributed by atoms with Gasteiger partial charge in [-0.3, -0.25) is 9.59 Å². The normalized spacial score (nSPS) is 10.1. The van der Waals surface area contributed by atoms with Gasteiger partial charge in [0, 0.05) is 18.1 Å². The molecule has 0 atom stereocenters. The van der Waals surface area contributed by atoms with Gasteiger partial charge in [-0.15, -0.1) is 0 Å². The Morgan fingerprint density at radius 2 is 2.05 bits per heavy atom. The summed E-state index contributed by atoms with van der Waals surface area (Å²) in [7, 11) is 0. The summed E-state index contributed by atoms with van der Waals surface area (Å²) < 4.78 is 4.77. The fraction of sp³-hybridized carbons (Fsp3) is 0.429. The van der Waals surface area contributed by atoms with E-state index >= 15 is 0 Å². The van der Waals surface area contributed by atoms with Gasteiger partial charge in [0.1, 0.15) is 0 Å². The molecule has 0 saturated heterocycles. The van der Waals surface area contributed by atoms with E-state index in [2.05, 4.69) is 10.6 Å². The third-order valence-corrected chi connectivity index (χ3v) is 2.90. The summed E-state index contributed by atoms with van der Waals surface area (Å²) >= 11 is 5.98. The third kappa shape index (κ3) is 6.54. The quantitative estimate of drug-likeness (QED) is 0.564. The van der Waals surface area contributed by atoms with E-state index in [-0.39, 0.29) is 24.8 Å². The van der Waals surface area contributed by atoms with Gasteiger partial charge in [-0.25, -0.2) is 0 Å². The molecule has 0 unspecified atom stereocenters. The maximum Gasteiger partial charge on any atom is 0.307 e. The number of amides is 1. The number of carbonyl (C=O) groups excluding carboxylic acids is 2. The summed E-state index contributed by atoms with van der Waals surface area (Å²) in [6.45, 7) is 3.09. The second-order valence-electron chi connectivity index (χ2n) is 4.10. The standard InChI is InChI=1S/C14H19ClN2O3/c1-2-20-14(19)7-8-16-10-13(18)17-9-11-5-3-4-6-12(11)15/h3-6,16H,2,7-10H2,1H3,(H,17,18). The van der Waals surface area contributed by atoms with Gasteiger partial charge in [0.25, 0.3) is 0 Å². The molecular formula is C14H19ClN2O3. The van der Waals surface area contributed by atoms with E-state index in [9.17, 15) is 9.59 Å². The monoisotopic (exact) mass is 298 g/mol. The first kappa shape index (κ1) is 16.5. The predicted octanol–water partition coefficient (Wildman–Crippen LogP) is 1.50. The molecule has 2 N–H and O–H groups in total. The van der Waals surface area contributed by atoms with Gasteiger partial charge < -0.3 is 15.4 Å². The highest BCUT2D eigenvalue weighted by atomic mass is 35.5. The summed E-state index contributed by atoms with van der Waals surface area (Å²) in [6, 6.07) is 7.34. The maximum absolute atomic E-state index is 11.6. The first-order chi connectivity index (χ1) is 9.63. The number of halogens is 1. The van der Waals surface area contributed by atoms with Gasteiger partial charge in [0.2, 0.25) is 5.91 Å². The number of ether oxygens (including phenoxy) is 1. The van der Waals surface area contributed by atoms with Crippen molar-refractivity contribution in [2.75, 3.05) is 19.7 Å². The molecule has 0 radical (unpaired) electrons. The number of benzene rings is 1. The zero-order chi connectivity index (χ0) is 14.8. The van der Waals surface area contributed by atoms with Gasteiger partial charge in [0.15, 0.2) is 0 Å². The van der Waals surface area contributed by atoms with E-state index in [0.717, 1.165) is 5.56 Å². The van der Waals surface area contributed by atoms with Crippen molar-refractivity contribution in [2.24, 2.45) is 0 Å². The van der Waals surface area contributed by atoms with Gasteiger partial charge >= 0.3 is 5.97 Å². The number of hydrogen-bond acceptors (Lipinski definition) is 4. The molecule has 1 amide bonds. The molecule has 0 bridgehead atoms. The molecule has 110 valence electrons. The summed E-state index contributed by atoms with van der Waals surface area (Å²) in [5.41, 5.74) is 0.869. The van der Waals surface area contributed by atoms with Crippen molar-refractivity contribution in [2.45, 2.75) is 19.9 Å². The van der Waals surface area contributed by atoms with Crippen LogP contribution in [0.4, 0.5) is 0 Å². The molecule has 0 heterocycles. The summed E-state index contributed by atoms with van der Waals surface area (Å²) in [5.74, 6) is -0.412.